The molecular weight excluding hydrogens is 269 g/mol. The van der Waals surface area contributed by atoms with Crippen LogP contribution in [0.1, 0.15) is 5.56 Å². The van der Waals surface area contributed by atoms with E-state index in [1.807, 2.05) is 6.07 Å². The fraction of sp³-hybridized carbons (Fsp3) is 0. The molecule has 5 heteroatoms. The molecule has 2 heterocycles. The van der Waals surface area contributed by atoms with E-state index in [0.29, 0.717) is 22.8 Å². The molecule has 0 aliphatic carbocycles. The predicted octanol–water partition coefficient (Wildman–Crippen LogP) is 3.43. The van der Waals surface area contributed by atoms with Crippen molar-refractivity contribution in [1.29, 1.82) is 5.41 Å². The molecule has 4 nitrogen and oxygen atoms in total. The van der Waals surface area contributed by atoms with E-state index >= 15 is 0 Å². The van der Waals surface area contributed by atoms with Gasteiger partial charge in [0.2, 0.25) is 0 Å². The lowest BCUT2D eigenvalue weighted by Crippen LogP contribution is -2.11. The van der Waals surface area contributed by atoms with Crippen molar-refractivity contribution < 1.29 is 8.81 Å². The topological polar surface area (TPSA) is 75.9 Å². The van der Waals surface area contributed by atoms with Crippen LogP contribution in [0.3, 0.4) is 0 Å². The number of amidine groups is 1. The van der Waals surface area contributed by atoms with Crippen LogP contribution in [0, 0.1) is 11.2 Å². The monoisotopic (exact) mass is 281 g/mol. The third-order valence-electron chi connectivity index (χ3n) is 3.06. The standard InChI is InChI=1S/C16H12FN3O/c17-12-4-1-10(2-5-12)14-7-8-15(21-14)13-6-3-11(9-20-13)16(18)19/h1-9H,(H3,18,19). The summed E-state index contributed by atoms with van der Waals surface area (Å²) in [6, 6.07) is 13.1. The minimum absolute atomic E-state index is 0.0273. The Kier molecular flexibility index (Phi) is 3.23. The number of nitrogens with zero attached hydrogens (tertiary/aromatic N) is 1. The molecule has 0 radical (unpaired) electrons. The molecule has 0 aliphatic rings. The van der Waals surface area contributed by atoms with E-state index in [1.54, 1.807) is 30.3 Å². The highest BCUT2D eigenvalue weighted by Crippen LogP contribution is 2.27. The molecule has 0 atom stereocenters. The van der Waals surface area contributed by atoms with Crippen LogP contribution >= 0.6 is 0 Å². The Hall–Kier alpha value is -2.95. The Labute approximate surface area is 120 Å². The number of hydrogen-bond donors (Lipinski definition) is 2. The fourth-order valence-corrected chi connectivity index (χ4v) is 1.94. The van der Waals surface area contributed by atoms with Crippen LogP contribution in [-0.2, 0) is 0 Å². The van der Waals surface area contributed by atoms with Crippen LogP contribution in [0.5, 0.6) is 0 Å². The number of furan rings is 1. The average molecular weight is 281 g/mol. The second-order valence-corrected chi connectivity index (χ2v) is 4.52. The van der Waals surface area contributed by atoms with Gasteiger partial charge in [0, 0.05) is 17.3 Å². The summed E-state index contributed by atoms with van der Waals surface area (Å²) < 4.78 is 18.6. The summed E-state index contributed by atoms with van der Waals surface area (Å²) in [6.07, 6.45) is 1.53. The van der Waals surface area contributed by atoms with Gasteiger partial charge in [0.15, 0.2) is 5.76 Å². The lowest BCUT2D eigenvalue weighted by molar-refractivity contribution is 0.594. The maximum Gasteiger partial charge on any atom is 0.153 e. The van der Waals surface area contributed by atoms with Crippen molar-refractivity contribution in [2.75, 3.05) is 0 Å². The molecule has 0 unspecified atom stereocenters. The summed E-state index contributed by atoms with van der Waals surface area (Å²) in [5.41, 5.74) is 7.38. The van der Waals surface area contributed by atoms with Crippen LogP contribution in [0.25, 0.3) is 22.8 Å². The van der Waals surface area contributed by atoms with Crippen molar-refractivity contribution >= 4 is 5.84 Å². The van der Waals surface area contributed by atoms with Gasteiger partial charge in [0.1, 0.15) is 23.1 Å². The van der Waals surface area contributed by atoms with Crippen molar-refractivity contribution in [3.63, 3.8) is 0 Å². The minimum atomic E-state index is -0.285. The van der Waals surface area contributed by atoms with Gasteiger partial charge in [-0.25, -0.2) is 4.39 Å². The zero-order valence-electron chi connectivity index (χ0n) is 11.0. The summed E-state index contributed by atoms with van der Waals surface area (Å²) in [7, 11) is 0. The van der Waals surface area contributed by atoms with Gasteiger partial charge in [-0.2, -0.15) is 0 Å². The van der Waals surface area contributed by atoms with Crippen LogP contribution < -0.4 is 5.73 Å². The van der Waals surface area contributed by atoms with Crippen LogP contribution in [0.4, 0.5) is 4.39 Å². The average Bonchev–Trinajstić information content (AvgIpc) is 2.98. The first kappa shape index (κ1) is 13.1. The lowest BCUT2D eigenvalue weighted by atomic mass is 10.2. The number of nitrogens with two attached hydrogens (primary N) is 1. The van der Waals surface area contributed by atoms with Gasteiger partial charge in [0.05, 0.1) is 0 Å². The molecule has 3 rings (SSSR count). The van der Waals surface area contributed by atoms with Gasteiger partial charge < -0.3 is 10.2 Å². The number of hydrogen-bond acceptors (Lipinski definition) is 3. The molecule has 0 saturated carbocycles. The summed E-state index contributed by atoms with van der Waals surface area (Å²) in [5.74, 6) is 0.930. The van der Waals surface area contributed by atoms with E-state index in [4.69, 9.17) is 15.6 Å². The Bertz CT molecular complexity index is 776. The smallest absolute Gasteiger partial charge is 0.153 e. The van der Waals surface area contributed by atoms with E-state index in [0.717, 1.165) is 5.56 Å². The maximum absolute atomic E-state index is 12.9. The first-order chi connectivity index (χ1) is 10.1. The van der Waals surface area contributed by atoms with E-state index in [2.05, 4.69) is 4.98 Å². The number of nitrogen functional groups attached to an aromatic ring is 1. The number of aromatic nitrogens is 1. The van der Waals surface area contributed by atoms with E-state index in [1.165, 1.54) is 18.3 Å². The number of halogens is 1. The number of pyridine rings is 1. The van der Waals surface area contributed by atoms with Crippen LogP contribution in [0.15, 0.2) is 59.1 Å². The highest BCUT2D eigenvalue weighted by atomic mass is 19.1. The van der Waals surface area contributed by atoms with Crippen LogP contribution in [-0.4, -0.2) is 10.8 Å². The Morgan fingerprint density at radius 3 is 2.33 bits per heavy atom. The first-order valence-electron chi connectivity index (χ1n) is 6.30. The molecule has 0 bridgehead atoms. The summed E-state index contributed by atoms with van der Waals surface area (Å²) in [6.45, 7) is 0. The molecule has 21 heavy (non-hydrogen) atoms. The van der Waals surface area contributed by atoms with Crippen molar-refractivity contribution in [3.8, 4) is 22.8 Å². The third kappa shape index (κ3) is 2.67. The summed E-state index contributed by atoms with van der Waals surface area (Å²) >= 11 is 0. The highest BCUT2D eigenvalue weighted by molar-refractivity contribution is 5.94. The van der Waals surface area contributed by atoms with Crippen LogP contribution in [0.2, 0.25) is 0 Å². The second-order valence-electron chi connectivity index (χ2n) is 4.52. The molecule has 0 fully saturated rings. The molecule has 0 spiro atoms. The fourth-order valence-electron chi connectivity index (χ4n) is 1.94. The SMILES string of the molecule is N=C(N)c1ccc(-c2ccc(-c3ccc(F)cc3)o2)nc1. The van der Waals surface area contributed by atoms with Crippen molar-refractivity contribution in [1.82, 2.24) is 4.98 Å². The molecule has 2 aromatic heterocycles. The quantitative estimate of drug-likeness (QED) is 0.570. The maximum atomic E-state index is 12.9. The van der Waals surface area contributed by atoms with Gasteiger partial charge in [-0.15, -0.1) is 0 Å². The number of benzene rings is 1. The van der Waals surface area contributed by atoms with E-state index in [-0.39, 0.29) is 11.7 Å². The second kappa shape index (κ2) is 5.20. The normalized spacial score (nSPS) is 10.5. The lowest BCUT2D eigenvalue weighted by Gasteiger charge is -2.00. The molecule has 0 saturated heterocycles. The molecule has 0 amide bonds. The van der Waals surface area contributed by atoms with Crippen molar-refractivity contribution in [3.05, 3.63) is 66.1 Å². The van der Waals surface area contributed by atoms with Gasteiger partial charge in [0.25, 0.3) is 0 Å². The Morgan fingerprint density at radius 2 is 1.71 bits per heavy atom. The van der Waals surface area contributed by atoms with E-state index in [9.17, 15) is 4.39 Å². The minimum Gasteiger partial charge on any atom is -0.454 e. The molecule has 3 aromatic rings. The Balaban J connectivity index is 1.90. The largest absolute Gasteiger partial charge is 0.454 e. The van der Waals surface area contributed by atoms with Gasteiger partial charge in [-0.1, -0.05) is 0 Å². The number of rotatable bonds is 3. The third-order valence-corrected chi connectivity index (χ3v) is 3.06. The van der Waals surface area contributed by atoms with Gasteiger partial charge >= 0.3 is 0 Å². The number of nitrogens with one attached hydrogen (secondary N) is 1. The molecule has 1 aromatic carbocycles. The molecule has 0 aliphatic heterocycles. The zero-order valence-corrected chi connectivity index (χ0v) is 11.0. The molecule has 3 N–H and O–H groups in total. The highest BCUT2D eigenvalue weighted by Gasteiger charge is 2.08. The molecular formula is C16H12FN3O. The molecule has 104 valence electrons. The van der Waals surface area contributed by atoms with Crippen molar-refractivity contribution in [2.45, 2.75) is 0 Å². The van der Waals surface area contributed by atoms with E-state index < -0.39 is 0 Å². The summed E-state index contributed by atoms with van der Waals surface area (Å²) in [4.78, 5) is 4.22. The first-order valence-corrected chi connectivity index (χ1v) is 6.30. The Morgan fingerprint density at radius 1 is 1.00 bits per heavy atom. The van der Waals surface area contributed by atoms with Gasteiger partial charge in [-0.3, -0.25) is 10.4 Å². The summed E-state index contributed by atoms with van der Waals surface area (Å²) in [5, 5.41) is 7.33. The zero-order chi connectivity index (χ0) is 14.8. The van der Waals surface area contributed by atoms with Crippen molar-refractivity contribution in [2.24, 2.45) is 5.73 Å². The predicted molar refractivity (Wildman–Crippen MR) is 78.3 cm³/mol. The van der Waals surface area contributed by atoms with Gasteiger partial charge in [-0.05, 0) is 48.5 Å².